The predicted molar refractivity (Wildman–Crippen MR) is 76.4 cm³/mol. The highest BCUT2D eigenvalue weighted by Gasteiger charge is 2.12. The van der Waals surface area contributed by atoms with E-state index in [0.717, 1.165) is 6.07 Å². The molecule has 7 heteroatoms. The van der Waals surface area contributed by atoms with Gasteiger partial charge in [0.2, 0.25) is 10.0 Å². The Labute approximate surface area is 121 Å². The summed E-state index contributed by atoms with van der Waals surface area (Å²) in [7, 11) is -2.23. The molecule has 0 radical (unpaired) electrons. The molecule has 0 aliphatic carbocycles. The van der Waals surface area contributed by atoms with Crippen molar-refractivity contribution >= 4 is 15.7 Å². The van der Waals surface area contributed by atoms with Crippen molar-refractivity contribution in [1.29, 1.82) is 0 Å². The van der Waals surface area contributed by atoms with Crippen LogP contribution in [-0.2, 0) is 16.6 Å². The lowest BCUT2D eigenvalue weighted by Gasteiger charge is -2.09. The molecule has 0 saturated carbocycles. The number of benzene rings is 2. The van der Waals surface area contributed by atoms with Gasteiger partial charge >= 0.3 is 0 Å². The number of hydrogen-bond acceptors (Lipinski definition) is 3. The molecule has 4 nitrogen and oxygen atoms in total. The van der Waals surface area contributed by atoms with Crippen molar-refractivity contribution in [3.05, 3.63) is 59.7 Å². The van der Waals surface area contributed by atoms with Gasteiger partial charge < -0.3 is 5.32 Å². The molecule has 0 bridgehead atoms. The monoisotopic (exact) mass is 312 g/mol. The van der Waals surface area contributed by atoms with Crippen LogP contribution in [0, 0.1) is 11.6 Å². The fourth-order valence-electron chi connectivity index (χ4n) is 1.77. The molecule has 0 saturated heterocycles. The molecule has 0 fully saturated rings. The Balaban J connectivity index is 2.18. The molecule has 0 heterocycles. The zero-order valence-corrected chi connectivity index (χ0v) is 12.0. The van der Waals surface area contributed by atoms with E-state index in [9.17, 15) is 17.2 Å². The first-order chi connectivity index (χ1) is 9.94. The number of anilines is 1. The molecule has 0 unspecified atom stereocenters. The van der Waals surface area contributed by atoms with Crippen molar-refractivity contribution in [3.63, 3.8) is 0 Å². The van der Waals surface area contributed by atoms with Gasteiger partial charge in [-0.15, -0.1) is 0 Å². The second-order valence-corrected chi connectivity index (χ2v) is 6.19. The van der Waals surface area contributed by atoms with Crippen LogP contribution in [0.25, 0.3) is 0 Å². The first-order valence-corrected chi connectivity index (χ1v) is 7.63. The van der Waals surface area contributed by atoms with Crippen molar-refractivity contribution < 1.29 is 17.2 Å². The summed E-state index contributed by atoms with van der Waals surface area (Å²) in [5.74, 6) is -1.83. The number of hydrogen-bond donors (Lipinski definition) is 2. The topological polar surface area (TPSA) is 58.2 Å². The average molecular weight is 312 g/mol. The molecule has 0 aromatic heterocycles. The quantitative estimate of drug-likeness (QED) is 0.892. The summed E-state index contributed by atoms with van der Waals surface area (Å²) >= 11 is 0. The highest BCUT2D eigenvalue weighted by molar-refractivity contribution is 7.89. The number of sulfonamides is 1. The number of halogens is 2. The second-order valence-electron chi connectivity index (χ2n) is 4.30. The fraction of sp³-hybridized carbons (Fsp3) is 0.143. The van der Waals surface area contributed by atoms with E-state index in [4.69, 9.17) is 0 Å². The molecule has 112 valence electrons. The molecule has 2 aromatic carbocycles. The molecule has 0 aliphatic heterocycles. The van der Waals surface area contributed by atoms with Crippen molar-refractivity contribution in [2.24, 2.45) is 0 Å². The van der Waals surface area contributed by atoms with E-state index in [-0.39, 0.29) is 17.0 Å². The third-order valence-corrected chi connectivity index (χ3v) is 4.34. The maximum Gasteiger partial charge on any atom is 0.240 e. The van der Waals surface area contributed by atoms with Crippen molar-refractivity contribution in [1.82, 2.24) is 4.72 Å². The predicted octanol–water partition coefficient (Wildman–Crippen LogP) is 2.49. The first-order valence-electron chi connectivity index (χ1n) is 6.14. The Morgan fingerprint density at radius 1 is 1.10 bits per heavy atom. The molecular formula is C14H14F2N2O2S. The zero-order chi connectivity index (χ0) is 15.5. The smallest absolute Gasteiger partial charge is 0.240 e. The molecular weight excluding hydrogens is 298 g/mol. The standard InChI is InChI=1S/C14H14F2N2O2S/c1-17-21(19,20)12-6-3-5-11(8-12)18-9-10-4-2-7-13(15)14(10)16/h2-8,17-18H,9H2,1H3. The van der Waals surface area contributed by atoms with Gasteiger partial charge in [-0.2, -0.15) is 0 Å². The largest absolute Gasteiger partial charge is 0.381 e. The molecule has 2 N–H and O–H groups in total. The Morgan fingerprint density at radius 3 is 2.52 bits per heavy atom. The molecule has 2 rings (SSSR count). The van der Waals surface area contributed by atoms with Crippen molar-refractivity contribution in [2.45, 2.75) is 11.4 Å². The minimum absolute atomic E-state index is 0.0483. The fourth-order valence-corrected chi connectivity index (χ4v) is 2.55. The van der Waals surface area contributed by atoms with Crippen LogP contribution in [0.5, 0.6) is 0 Å². The lowest BCUT2D eigenvalue weighted by Crippen LogP contribution is -2.18. The Bertz CT molecular complexity index is 748. The summed E-state index contributed by atoms with van der Waals surface area (Å²) in [5, 5.41) is 2.87. The summed E-state index contributed by atoms with van der Waals surface area (Å²) in [6.45, 7) is 0.0483. The van der Waals surface area contributed by atoms with Crippen LogP contribution < -0.4 is 10.0 Å². The molecule has 0 aliphatic rings. The summed E-state index contributed by atoms with van der Waals surface area (Å²) in [6, 6.07) is 9.99. The van der Waals surface area contributed by atoms with Gasteiger partial charge in [-0.05, 0) is 31.3 Å². The van der Waals surface area contributed by atoms with Gasteiger partial charge in [-0.3, -0.25) is 0 Å². The molecule has 2 aromatic rings. The lowest BCUT2D eigenvalue weighted by molar-refractivity contribution is 0.500. The highest BCUT2D eigenvalue weighted by atomic mass is 32.2. The molecule has 21 heavy (non-hydrogen) atoms. The minimum atomic E-state index is -3.54. The van der Waals surface area contributed by atoms with Crippen LogP contribution in [0.3, 0.4) is 0 Å². The Morgan fingerprint density at radius 2 is 1.81 bits per heavy atom. The molecule has 0 spiro atoms. The number of nitrogens with one attached hydrogen (secondary N) is 2. The second kappa shape index (κ2) is 6.19. The summed E-state index contributed by atoms with van der Waals surface area (Å²) in [6.07, 6.45) is 0. The van der Waals surface area contributed by atoms with Gasteiger partial charge in [0.1, 0.15) is 0 Å². The summed E-state index contributed by atoms with van der Waals surface area (Å²) in [4.78, 5) is 0.0923. The van der Waals surface area contributed by atoms with E-state index >= 15 is 0 Å². The van der Waals surface area contributed by atoms with E-state index in [1.165, 1.54) is 31.3 Å². The van der Waals surface area contributed by atoms with Crippen LogP contribution in [-0.4, -0.2) is 15.5 Å². The van der Waals surface area contributed by atoms with Crippen LogP contribution in [0.15, 0.2) is 47.4 Å². The van der Waals surface area contributed by atoms with E-state index in [1.807, 2.05) is 0 Å². The third-order valence-electron chi connectivity index (χ3n) is 2.93. The highest BCUT2D eigenvalue weighted by Crippen LogP contribution is 2.17. The van der Waals surface area contributed by atoms with Gasteiger partial charge in [0.15, 0.2) is 11.6 Å². The minimum Gasteiger partial charge on any atom is -0.381 e. The maximum absolute atomic E-state index is 13.5. The van der Waals surface area contributed by atoms with Gasteiger partial charge in [-0.25, -0.2) is 21.9 Å². The van der Waals surface area contributed by atoms with Crippen molar-refractivity contribution in [3.8, 4) is 0 Å². The van der Waals surface area contributed by atoms with E-state index in [1.54, 1.807) is 12.1 Å². The number of rotatable bonds is 5. The SMILES string of the molecule is CNS(=O)(=O)c1cccc(NCc2cccc(F)c2F)c1. The van der Waals surface area contributed by atoms with Gasteiger partial charge in [-0.1, -0.05) is 18.2 Å². The van der Waals surface area contributed by atoms with E-state index < -0.39 is 21.7 Å². The van der Waals surface area contributed by atoms with Crippen LogP contribution >= 0.6 is 0 Å². The Kier molecular flexibility index (Phi) is 4.54. The summed E-state index contributed by atoms with van der Waals surface area (Å²) in [5.41, 5.74) is 0.659. The van der Waals surface area contributed by atoms with Gasteiger partial charge in [0.25, 0.3) is 0 Å². The van der Waals surface area contributed by atoms with Crippen LogP contribution in [0.4, 0.5) is 14.5 Å². The maximum atomic E-state index is 13.5. The van der Waals surface area contributed by atoms with Crippen molar-refractivity contribution in [2.75, 3.05) is 12.4 Å². The Hall–Kier alpha value is -1.99. The summed E-state index contributed by atoms with van der Waals surface area (Å²) < 4.78 is 52.2. The zero-order valence-electron chi connectivity index (χ0n) is 11.2. The molecule has 0 amide bonds. The van der Waals surface area contributed by atoms with Gasteiger partial charge in [0.05, 0.1) is 4.90 Å². The molecule has 0 atom stereocenters. The van der Waals surface area contributed by atoms with E-state index in [0.29, 0.717) is 5.69 Å². The lowest BCUT2D eigenvalue weighted by atomic mass is 10.2. The van der Waals surface area contributed by atoms with Crippen LogP contribution in [0.1, 0.15) is 5.56 Å². The van der Waals surface area contributed by atoms with Gasteiger partial charge in [0, 0.05) is 17.8 Å². The van der Waals surface area contributed by atoms with E-state index in [2.05, 4.69) is 10.0 Å². The first kappa shape index (κ1) is 15.4. The van der Waals surface area contributed by atoms with Crippen LogP contribution in [0.2, 0.25) is 0 Å². The average Bonchev–Trinajstić information content (AvgIpc) is 2.49. The normalized spacial score (nSPS) is 11.4. The third kappa shape index (κ3) is 3.56.